The molecule has 96 valence electrons. The first-order valence-corrected chi connectivity index (χ1v) is 6.22. The van der Waals surface area contributed by atoms with Gasteiger partial charge in [-0.2, -0.15) is 5.10 Å². The van der Waals surface area contributed by atoms with Gasteiger partial charge in [0.2, 0.25) is 0 Å². The lowest BCUT2D eigenvalue weighted by molar-refractivity contribution is -0.0366. The smallest absolute Gasteiger partial charge is 0.184 e. The Hall–Kier alpha value is -1.33. The Balaban J connectivity index is 2.13. The van der Waals surface area contributed by atoms with Crippen molar-refractivity contribution < 1.29 is 14.2 Å². The standard InChI is InChI=1S/C12H12ClFN2O2/c13-8-5-9-7(12(17)11(8)14)6-15-16(9)10-3-1-2-4-18-10/h5-6,10,17H,1-4H2. The second-order valence-corrected chi connectivity index (χ2v) is 4.77. The Kier molecular flexibility index (Phi) is 2.87. The predicted molar refractivity (Wildman–Crippen MR) is 65.2 cm³/mol. The van der Waals surface area contributed by atoms with E-state index in [-0.39, 0.29) is 11.3 Å². The normalized spacial score (nSPS) is 20.4. The molecule has 0 bridgehead atoms. The van der Waals surface area contributed by atoms with Crippen LogP contribution in [0.15, 0.2) is 12.3 Å². The van der Waals surface area contributed by atoms with Gasteiger partial charge in [-0.05, 0) is 25.3 Å². The minimum Gasteiger partial charge on any atom is -0.504 e. The third kappa shape index (κ3) is 1.74. The molecule has 2 aromatic rings. The van der Waals surface area contributed by atoms with Crippen LogP contribution in [-0.2, 0) is 4.74 Å². The molecule has 1 fully saturated rings. The molecule has 1 saturated heterocycles. The van der Waals surface area contributed by atoms with Crippen LogP contribution in [0.3, 0.4) is 0 Å². The van der Waals surface area contributed by atoms with E-state index in [1.54, 1.807) is 4.68 Å². The molecule has 1 aromatic heterocycles. The Labute approximate surface area is 108 Å². The van der Waals surface area contributed by atoms with E-state index in [9.17, 15) is 9.50 Å². The second-order valence-electron chi connectivity index (χ2n) is 4.36. The number of aromatic nitrogens is 2. The number of ether oxygens (including phenoxy) is 1. The van der Waals surface area contributed by atoms with E-state index < -0.39 is 11.6 Å². The van der Waals surface area contributed by atoms with Crippen molar-refractivity contribution in [3.8, 4) is 5.75 Å². The number of phenolic OH excluding ortho intramolecular Hbond substituents is 1. The number of fused-ring (bicyclic) bond motifs is 1. The molecule has 1 N–H and O–H groups in total. The summed E-state index contributed by atoms with van der Waals surface area (Å²) in [5, 5.41) is 14.1. The zero-order valence-corrected chi connectivity index (χ0v) is 10.3. The van der Waals surface area contributed by atoms with Gasteiger partial charge in [-0.3, -0.25) is 0 Å². The number of hydrogen-bond acceptors (Lipinski definition) is 3. The van der Waals surface area contributed by atoms with Crippen LogP contribution in [0.4, 0.5) is 4.39 Å². The molecular formula is C12H12ClFN2O2. The van der Waals surface area contributed by atoms with Crippen LogP contribution in [0.1, 0.15) is 25.5 Å². The highest BCUT2D eigenvalue weighted by molar-refractivity contribution is 6.31. The van der Waals surface area contributed by atoms with Gasteiger partial charge in [0.05, 0.1) is 22.1 Å². The number of benzene rings is 1. The number of halogens is 2. The lowest BCUT2D eigenvalue weighted by Gasteiger charge is -2.23. The van der Waals surface area contributed by atoms with Crippen molar-refractivity contribution in [2.24, 2.45) is 0 Å². The Morgan fingerprint density at radius 3 is 3.06 bits per heavy atom. The van der Waals surface area contributed by atoms with Gasteiger partial charge in [-0.1, -0.05) is 11.6 Å². The summed E-state index contributed by atoms with van der Waals surface area (Å²) in [6.07, 6.45) is 4.22. The van der Waals surface area contributed by atoms with Crippen LogP contribution in [0.2, 0.25) is 5.02 Å². The summed E-state index contributed by atoms with van der Waals surface area (Å²) in [5.41, 5.74) is 0.589. The minimum atomic E-state index is -0.812. The van der Waals surface area contributed by atoms with Crippen LogP contribution in [0.5, 0.6) is 5.75 Å². The van der Waals surface area contributed by atoms with Crippen molar-refractivity contribution in [2.75, 3.05) is 6.61 Å². The highest BCUT2D eigenvalue weighted by Crippen LogP contribution is 2.35. The van der Waals surface area contributed by atoms with E-state index in [0.29, 0.717) is 17.5 Å². The van der Waals surface area contributed by atoms with E-state index in [1.807, 2.05) is 0 Å². The summed E-state index contributed by atoms with van der Waals surface area (Å²) < 4.78 is 20.7. The number of phenols is 1. The van der Waals surface area contributed by atoms with Crippen molar-refractivity contribution in [3.63, 3.8) is 0 Å². The van der Waals surface area contributed by atoms with Crippen LogP contribution >= 0.6 is 11.6 Å². The maximum absolute atomic E-state index is 13.5. The molecule has 0 aliphatic carbocycles. The molecule has 0 spiro atoms. The molecule has 1 atom stereocenters. The van der Waals surface area contributed by atoms with Crippen molar-refractivity contribution in [1.82, 2.24) is 9.78 Å². The van der Waals surface area contributed by atoms with Crippen molar-refractivity contribution in [1.29, 1.82) is 0 Å². The van der Waals surface area contributed by atoms with Gasteiger partial charge in [-0.25, -0.2) is 9.07 Å². The SMILES string of the molecule is Oc1c(F)c(Cl)cc2c1cnn2C1CCCCO1. The fraction of sp³-hybridized carbons (Fsp3) is 0.417. The Morgan fingerprint density at radius 2 is 2.33 bits per heavy atom. The van der Waals surface area contributed by atoms with Gasteiger partial charge >= 0.3 is 0 Å². The van der Waals surface area contributed by atoms with E-state index in [2.05, 4.69) is 5.10 Å². The van der Waals surface area contributed by atoms with E-state index >= 15 is 0 Å². The van der Waals surface area contributed by atoms with Crippen LogP contribution < -0.4 is 0 Å². The highest BCUT2D eigenvalue weighted by Gasteiger charge is 2.21. The second kappa shape index (κ2) is 4.40. The minimum absolute atomic E-state index is 0.113. The molecule has 0 amide bonds. The third-order valence-electron chi connectivity index (χ3n) is 3.20. The Bertz CT molecular complexity index is 593. The lowest BCUT2D eigenvalue weighted by atomic mass is 10.2. The number of aromatic hydroxyl groups is 1. The molecule has 18 heavy (non-hydrogen) atoms. The first-order chi connectivity index (χ1) is 8.68. The maximum Gasteiger partial charge on any atom is 0.184 e. The molecule has 1 unspecified atom stereocenters. The summed E-state index contributed by atoms with van der Waals surface area (Å²) in [4.78, 5) is 0. The largest absolute Gasteiger partial charge is 0.504 e. The summed E-state index contributed by atoms with van der Waals surface area (Å²) in [6.45, 7) is 0.687. The first kappa shape index (κ1) is 11.7. The van der Waals surface area contributed by atoms with Crippen molar-refractivity contribution >= 4 is 22.5 Å². The summed E-state index contributed by atoms with van der Waals surface area (Å²) in [5.74, 6) is -1.27. The molecular weight excluding hydrogens is 259 g/mol. The van der Waals surface area contributed by atoms with Crippen LogP contribution in [0, 0.1) is 5.82 Å². The summed E-state index contributed by atoms with van der Waals surface area (Å²) >= 11 is 5.74. The quantitative estimate of drug-likeness (QED) is 0.865. The van der Waals surface area contributed by atoms with Gasteiger partial charge in [-0.15, -0.1) is 0 Å². The van der Waals surface area contributed by atoms with Crippen LogP contribution in [-0.4, -0.2) is 21.5 Å². The zero-order chi connectivity index (χ0) is 12.7. The monoisotopic (exact) mass is 270 g/mol. The fourth-order valence-electron chi connectivity index (χ4n) is 2.26. The highest BCUT2D eigenvalue weighted by atomic mass is 35.5. The van der Waals surface area contributed by atoms with Gasteiger partial charge < -0.3 is 9.84 Å². The average molecular weight is 271 g/mol. The molecule has 1 aromatic carbocycles. The molecule has 1 aliphatic rings. The van der Waals surface area contributed by atoms with Crippen LogP contribution in [0.25, 0.3) is 10.9 Å². The van der Waals surface area contributed by atoms with E-state index in [4.69, 9.17) is 16.3 Å². The van der Waals surface area contributed by atoms with E-state index in [0.717, 1.165) is 19.3 Å². The van der Waals surface area contributed by atoms with E-state index in [1.165, 1.54) is 12.3 Å². The molecule has 6 heteroatoms. The molecule has 4 nitrogen and oxygen atoms in total. The number of rotatable bonds is 1. The number of nitrogens with zero attached hydrogens (tertiary/aromatic N) is 2. The lowest BCUT2D eigenvalue weighted by Crippen LogP contribution is -2.18. The molecule has 3 rings (SSSR count). The molecule has 0 radical (unpaired) electrons. The van der Waals surface area contributed by atoms with Gasteiger partial charge in [0.1, 0.15) is 0 Å². The third-order valence-corrected chi connectivity index (χ3v) is 3.47. The fourth-order valence-corrected chi connectivity index (χ4v) is 2.45. The summed E-state index contributed by atoms with van der Waals surface area (Å²) in [7, 11) is 0. The number of hydrogen-bond donors (Lipinski definition) is 1. The molecule has 0 saturated carbocycles. The summed E-state index contributed by atoms with van der Waals surface area (Å²) in [6, 6.07) is 1.47. The maximum atomic E-state index is 13.5. The topological polar surface area (TPSA) is 47.3 Å². The van der Waals surface area contributed by atoms with Crippen molar-refractivity contribution in [3.05, 3.63) is 23.1 Å². The molecule has 2 heterocycles. The predicted octanol–water partition coefficient (Wildman–Crippen LogP) is 3.23. The molecule has 1 aliphatic heterocycles. The van der Waals surface area contributed by atoms with Crippen molar-refractivity contribution in [2.45, 2.75) is 25.5 Å². The average Bonchev–Trinajstić information content (AvgIpc) is 2.81. The first-order valence-electron chi connectivity index (χ1n) is 5.84. The zero-order valence-electron chi connectivity index (χ0n) is 9.57. The van der Waals surface area contributed by atoms with Gasteiger partial charge in [0, 0.05) is 6.61 Å². The Morgan fingerprint density at radius 1 is 1.50 bits per heavy atom. The van der Waals surface area contributed by atoms with Gasteiger partial charge in [0.15, 0.2) is 17.8 Å². The van der Waals surface area contributed by atoms with Gasteiger partial charge in [0.25, 0.3) is 0 Å².